The van der Waals surface area contributed by atoms with Gasteiger partial charge in [-0.1, -0.05) is 11.8 Å². The summed E-state index contributed by atoms with van der Waals surface area (Å²) in [7, 11) is 1.93. The summed E-state index contributed by atoms with van der Waals surface area (Å²) in [5.74, 6) is 0.850. The first-order valence-electron chi connectivity index (χ1n) is 5.00. The van der Waals surface area contributed by atoms with Crippen LogP contribution in [0.5, 0.6) is 0 Å². The summed E-state index contributed by atoms with van der Waals surface area (Å²) >= 11 is 3.19. The van der Waals surface area contributed by atoms with Crippen LogP contribution in [0, 0.1) is 11.3 Å². The van der Waals surface area contributed by atoms with Crippen molar-refractivity contribution in [3.63, 3.8) is 0 Å². The second kappa shape index (κ2) is 5.29. The predicted molar refractivity (Wildman–Crippen MR) is 70.5 cm³/mol. The van der Waals surface area contributed by atoms with Crippen molar-refractivity contribution in [3.8, 4) is 6.07 Å². The van der Waals surface area contributed by atoms with Gasteiger partial charge in [0.05, 0.1) is 12.5 Å². The second-order valence-corrected chi connectivity index (χ2v) is 5.42. The first-order valence-corrected chi connectivity index (χ1v) is 7.04. The Balaban J connectivity index is 2.39. The zero-order valence-corrected chi connectivity index (χ0v) is 11.2. The maximum atomic E-state index is 8.60. The molecule has 0 unspecified atom stereocenters. The maximum absolute atomic E-state index is 8.60. The second-order valence-electron chi connectivity index (χ2n) is 3.36. The summed E-state index contributed by atoms with van der Waals surface area (Å²) in [6.07, 6.45) is 3.99. The monoisotopic (exact) mass is 265 g/mol. The van der Waals surface area contributed by atoms with Crippen LogP contribution in [0.4, 0.5) is 5.82 Å². The molecule has 0 N–H and O–H groups in total. The largest absolute Gasteiger partial charge is 0.357 e. The zero-order chi connectivity index (χ0) is 12.3. The molecule has 5 nitrogen and oxygen atoms in total. The van der Waals surface area contributed by atoms with Crippen molar-refractivity contribution in [3.05, 3.63) is 6.33 Å². The van der Waals surface area contributed by atoms with Gasteiger partial charge in [-0.2, -0.15) is 5.26 Å². The minimum atomic E-state index is 0.482. The molecular formula is C10H11N5S2. The Labute approximate surface area is 108 Å². The molecule has 0 bridgehead atoms. The van der Waals surface area contributed by atoms with Crippen LogP contribution in [0.3, 0.4) is 0 Å². The van der Waals surface area contributed by atoms with Crippen LogP contribution in [0.2, 0.25) is 0 Å². The van der Waals surface area contributed by atoms with Gasteiger partial charge in [0.25, 0.3) is 0 Å². The third kappa shape index (κ3) is 2.48. The topological polar surface area (TPSA) is 65.7 Å². The molecule has 0 fully saturated rings. The molecule has 0 atom stereocenters. The van der Waals surface area contributed by atoms with Gasteiger partial charge in [-0.05, 0) is 6.26 Å². The summed E-state index contributed by atoms with van der Waals surface area (Å²) < 4.78 is 1.97. The number of hydrogen-bond acceptors (Lipinski definition) is 7. The highest BCUT2D eigenvalue weighted by Crippen LogP contribution is 2.32. The van der Waals surface area contributed by atoms with E-state index in [9.17, 15) is 0 Å². The fraction of sp³-hybridized carbons (Fsp3) is 0.400. The highest BCUT2D eigenvalue weighted by molar-refractivity contribution is 8.00. The molecule has 2 heterocycles. The van der Waals surface area contributed by atoms with Gasteiger partial charge in [0.1, 0.15) is 11.0 Å². The molecule has 0 saturated heterocycles. The number of nitriles is 1. The molecule has 0 spiro atoms. The van der Waals surface area contributed by atoms with Gasteiger partial charge in [-0.3, -0.25) is 0 Å². The minimum absolute atomic E-state index is 0.482. The number of thioether (sulfide) groups is 1. The van der Waals surface area contributed by atoms with Crippen LogP contribution in [0.1, 0.15) is 6.42 Å². The normalized spacial score (nSPS) is 10.4. The molecule has 0 aliphatic carbocycles. The molecule has 0 aromatic carbocycles. The van der Waals surface area contributed by atoms with E-state index in [1.165, 1.54) is 6.33 Å². The van der Waals surface area contributed by atoms with Crippen LogP contribution in [0.15, 0.2) is 10.7 Å². The lowest BCUT2D eigenvalue weighted by Gasteiger charge is -2.15. The molecule has 2 aromatic heterocycles. The standard InChI is InChI=1S/C10H11N5S2/c1-15(5-3-4-11)9-7-8(12-6-13-9)14-10(16-2)17-7/h6H,3,5H2,1-2H3. The SMILES string of the molecule is CSc1nc2ncnc(N(C)CCC#N)c2s1. The number of rotatable bonds is 4. The highest BCUT2D eigenvalue weighted by atomic mass is 32.2. The molecule has 0 amide bonds. The van der Waals surface area contributed by atoms with Gasteiger partial charge < -0.3 is 4.90 Å². The quantitative estimate of drug-likeness (QED) is 0.789. The van der Waals surface area contributed by atoms with Crippen molar-refractivity contribution < 1.29 is 0 Å². The van der Waals surface area contributed by atoms with Crippen molar-refractivity contribution >= 4 is 39.3 Å². The fourth-order valence-electron chi connectivity index (χ4n) is 1.41. The zero-order valence-electron chi connectivity index (χ0n) is 9.54. The smallest absolute Gasteiger partial charge is 0.176 e. The number of hydrogen-bond donors (Lipinski definition) is 0. The molecule has 2 rings (SSSR count). The van der Waals surface area contributed by atoms with Crippen molar-refractivity contribution in [1.82, 2.24) is 15.0 Å². The summed E-state index contributed by atoms with van der Waals surface area (Å²) in [5.41, 5.74) is 0.730. The number of anilines is 1. The van der Waals surface area contributed by atoms with Crippen LogP contribution >= 0.6 is 23.1 Å². The third-order valence-corrected chi connectivity index (χ3v) is 4.27. The van der Waals surface area contributed by atoms with Crippen LogP contribution in [0.25, 0.3) is 10.3 Å². The van der Waals surface area contributed by atoms with Gasteiger partial charge in [0.2, 0.25) is 0 Å². The van der Waals surface area contributed by atoms with Crippen LogP contribution < -0.4 is 4.90 Å². The van der Waals surface area contributed by atoms with E-state index in [-0.39, 0.29) is 0 Å². The summed E-state index contributed by atoms with van der Waals surface area (Å²) in [5, 5.41) is 8.60. The van der Waals surface area contributed by atoms with E-state index in [4.69, 9.17) is 5.26 Å². The lowest BCUT2D eigenvalue weighted by atomic mass is 10.4. The molecule has 0 aliphatic rings. The number of thiazole rings is 1. The molecule has 88 valence electrons. The van der Waals surface area contributed by atoms with E-state index in [1.807, 2.05) is 18.2 Å². The maximum Gasteiger partial charge on any atom is 0.176 e. The molecule has 0 saturated carbocycles. The van der Waals surface area contributed by atoms with Gasteiger partial charge in [-0.25, -0.2) is 15.0 Å². The van der Waals surface area contributed by atoms with E-state index in [2.05, 4.69) is 21.0 Å². The Bertz CT molecular complexity index is 559. The van der Waals surface area contributed by atoms with Crippen molar-refractivity contribution in [1.29, 1.82) is 5.26 Å². The number of nitrogens with zero attached hydrogens (tertiary/aromatic N) is 5. The van der Waals surface area contributed by atoms with Gasteiger partial charge in [0, 0.05) is 13.6 Å². The molecule has 0 aliphatic heterocycles. The molecule has 0 radical (unpaired) electrons. The van der Waals surface area contributed by atoms with Crippen LogP contribution in [-0.4, -0.2) is 34.8 Å². The predicted octanol–water partition coefficient (Wildman–Crippen LogP) is 2.16. The average Bonchev–Trinajstić information content (AvgIpc) is 2.78. The first-order chi connectivity index (χ1) is 8.26. The fourth-order valence-corrected chi connectivity index (χ4v) is 2.96. The Morgan fingerprint density at radius 1 is 1.53 bits per heavy atom. The molecule has 17 heavy (non-hydrogen) atoms. The minimum Gasteiger partial charge on any atom is -0.357 e. The van der Waals surface area contributed by atoms with E-state index in [1.54, 1.807) is 23.1 Å². The Morgan fingerprint density at radius 2 is 2.35 bits per heavy atom. The lowest BCUT2D eigenvalue weighted by molar-refractivity contribution is 0.887. The summed E-state index contributed by atoms with van der Waals surface area (Å²) in [6.45, 7) is 0.662. The van der Waals surface area contributed by atoms with Crippen LogP contribution in [-0.2, 0) is 0 Å². The lowest BCUT2D eigenvalue weighted by Crippen LogP contribution is -2.19. The molecule has 7 heteroatoms. The highest BCUT2D eigenvalue weighted by Gasteiger charge is 2.12. The van der Waals surface area contributed by atoms with E-state index in [0.717, 1.165) is 20.5 Å². The third-order valence-electron chi connectivity index (χ3n) is 2.25. The average molecular weight is 265 g/mol. The van der Waals surface area contributed by atoms with E-state index < -0.39 is 0 Å². The van der Waals surface area contributed by atoms with Crippen molar-refractivity contribution in [2.24, 2.45) is 0 Å². The first kappa shape index (κ1) is 12.1. The van der Waals surface area contributed by atoms with E-state index >= 15 is 0 Å². The summed E-state index contributed by atoms with van der Waals surface area (Å²) in [6, 6.07) is 2.13. The van der Waals surface area contributed by atoms with E-state index in [0.29, 0.717) is 13.0 Å². The van der Waals surface area contributed by atoms with Gasteiger partial charge >= 0.3 is 0 Å². The molecule has 2 aromatic rings. The Kier molecular flexibility index (Phi) is 3.76. The van der Waals surface area contributed by atoms with Crippen molar-refractivity contribution in [2.75, 3.05) is 24.7 Å². The Hall–Kier alpha value is -1.39. The number of aromatic nitrogens is 3. The van der Waals surface area contributed by atoms with Gasteiger partial charge in [0.15, 0.2) is 15.8 Å². The molecular weight excluding hydrogens is 254 g/mol. The van der Waals surface area contributed by atoms with Crippen molar-refractivity contribution in [2.45, 2.75) is 10.8 Å². The van der Waals surface area contributed by atoms with Gasteiger partial charge in [-0.15, -0.1) is 11.3 Å². The number of fused-ring (bicyclic) bond motifs is 1. The summed E-state index contributed by atoms with van der Waals surface area (Å²) in [4.78, 5) is 14.8. The Morgan fingerprint density at radius 3 is 3.06 bits per heavy atom.